The molecule has 0 spiro atoms. The standard InChI is InChI=1S/C12H20N2O4/c1-13-5-7-14(8-6-13)9-10-18-12(16)4-3-11(15)17-2/h3-4H,5-10H2,1-2H3/b4-3+. The second-order valence-corrected chi connectivity index (χ2v) is 4.17. The molecule has 0 N–H and O–H groups in total. The number of nitrogens with zero attached hydrogens (tertiary/aromatic N) is 2. The molecule has 0 radical (unpaired) electrons. The van der Waals surface area contributed by atoms with Gasteiger partial charge in [-0.3, -0.25) is 4.90 Å². The van der Waals surface area contributed by atoms with E-state index in [1.807, 2.05) is 0 Å². The van der Waals surface area contributed by atoms with Gasteiger partial charge in [0.2, 0.25) is 0 Å². The molecule has 1 aliphatic heterocycles. The predicted molar refractivity (Wildman–Crippen MR) is 66.1 cm³/mol. The predicted octanol–water partition coefficient (Wildman–Crippen LogP) is -0.494. The molecule has 0 aromatic heterocycles. The topological polar surface area (TPSA) is 59.1 Å². The first-order chi connectivity index (χ1) is 8.61. The maximum Gasteiger partial charge on any atom is 0.331 e. The van der Waals surface area contributed by atoms with Gasteiger partial charge in [-0.2, -0.15) is 0 Å². The van der Waals surface area contributed by atoms with Crippen LogP contribution in [0.25, 0.3) is 0 Å². The minimum Gasteiger partial charge on any atom is -0.466 e. The second kappa shape index (κ2) is 7.84. The van der Waals surface area contributed by atoms with Crippen LogP contribution in [0.15, 0.2) is 12.2 Å². The molecule has 0 amide bonds. The SMILES string of the molecule is COC(=O)/C=C/C(=O)OCCN1CCN(C)CC1. The number of carbonyl (C=O) groups excluding carboxylic acids is 2. The van der Waals surface area contributed by atoms with Gasteiger partial charge in [0, 0.05) is 44.9 Å². The average Bonchev–Trinajstić information content (AvgIpc) is 2.38. The lowest BCUT2D eigenvalue weighted by molar-refractivity contribution is -0.139. The number of esters is 2. The van der Waals surface area contributed by atoms with Gasteiger partial charge in [0.05, 0.1) is 7.11 Å². The Balaban J connectivity index is 2.12. The first-order valence-electron chi connectivity index (χ1n) is 5.95. The number of rotatable bonds is 5. The van der Waals surface area contributed by atoms with Gasteiger partial charge in [-0.05, 0) is 7.05 Å². The Morgan fingerprint density at radius 2 is 1.72 bits per heavy atom. The van der Waals surface area contributed by atoms with Gasteiger partial charge in [0.1, 0.15) is 6.61 Å². The Morgan fingerprint density at radius 1 is 1.11 bits per heavy atom. The maximum atomic E-state index is 11.2. The van der Waals surface area contributed by atoms with Crippen molar-refractivity contribution in [1.29, 1.82) is 0 Å². The van der Waals surface area contributed by atoms with E-state index in [-0.39, 0.29) is 0 Å². The van der Waals surface area contributed by atoms with Gasteiger partial charge in [-0.1, -0.05) is 0 Å². The van der Waals surface area contributed by atoms with Gasteiger partial charge in [0.15, 0.2) is 0 Å². The lowest BCUT2D eigenvalue weighted by Gasteiger charge is -2.31. The Bertz CT molecular complexity index is 309. The summed E-state index contributed by atoms with van der Waals surface area (Å²) in [6.45, 7) is 5.13. The van der Waals surface area contributed by atoms with E-state index in [4.69, 9.17) is 4.74 Å². The van der Waals surface area contributed by atoms with E-state index in [0.29, 0.717) is 6.61 Å². The normalized spacial score (nSPS) is 17.9. The first kappa shape index (κ1) is 14.7. The minimum atomic E-state index is -0.564. The molecule has 0 unspecified atom stereocenters. The third-order valence-electron chi connectivity index (χ3n) is 2.80. The van der Waals surface area contributed by atoms with Crippen molar-refractivity contribution in [2.45, 2.75) is 0 Å². The molecule has 0 aromatic rings. The number of piperazine rings is 1. The lowest BCUT2D eigenvalue weighted by Crippen LogP contribution is -2.45. The molecule has 6 nitrogen and oxygen atoms in total. The summed E-state index contributed by atoms with van der Waals surface area (Å²) in [4.78, 5) is 26.5. The minimum absolute atomic E-state index is 0.341. The van der Waals surface area contributed by atoms with Crippen LogP contribution in [0, 0.1) is 0 Å². The average molecular weight is 256 g/mol. The van der Waals surface area contributed by atoms with E-state index in [9.17, 15) is 9.59 Å². The van der Waals surface area contributed by atoms with Crippen molar-refractivity contribution in [3.8, 4) is 0 Å². The maximum absolute atomic E-state index is 11.2. The number of hydrogen-bond acceptors (Lipinski definition) is 6. The zero-order chi connectivity index (χ0) is 13.4. The van der Waals surface area contributed by atoms with E-state index in [1.165, 1.54) is 7.11 Å². The number of carbonyl (C=O) groups is 2. The molecule has 1 rings (SSSR count). The van der Waals surface area contributed by atoms with Crippen LogP contribution in [0.3, 0.4) is 0 Å². The van der Waals surface area contributed by atoms with Crippen LogP contribution < -0.4 is 0 Å². The highest BCUT2D eigenvalue weighted by Crippen LogP contribution is 1.98. The highest BCUT2D eigenvalue weighted by Gasteiger charge is 2.13. The van der Waals surface area contributed by atoms with E-state index in [1.54, 1.807) is 0 Å². The smallest absolute Gasteiger partial charge is 0.331 e. The monoisotopic (exact) mass is 256 g/mol. The van der Waals surface area contributed by atoms with Crippen LogP contribution in [0.4, 0.5) is 0 Å². The highest BCUT2D eigenvalue weighted by molar-refractivity contribution is 5.91. The lowest BCUT2D eigenvalue weighted by atomic mass is 10.3. The zero-order valence-corrected chi connectivity index (χ0v) is 10.9. The Morgan fingerprint density at radius 3 is 2.33 bits per heavy atom. The van der Waals surface area contributed by atoms with Crippen LogP contribution in [-0.2, 0) is 19.1 Å². The molecule has 0 bridgehead atoms. The molecule has 0 aliphatic carbocycles. The van der Waals surface area contributed by atoms with Crippen LogP contribution in [0.5, 0.6) is 0 Å². The van der Waals surface area contributed by atoms with Crippen molar-refractivity contribution >= 4 is 11.9 Å². The summed E-state index contributed by atoms with van der Waals surface area (Å²) in [6, 6.07) is 0. The number of likely N-dealkylation sites (N-methyl/N-ethyl adjacent to an activating group) is 1. The Kier molecular flexibility index (Phi) is 6.38. The van der Waals surface area contributed by atoms with Crippen molar-refractivity contribution in [2.75, 3.05) is 53.5 Å². The highest BCUT2D eigenvalue weighted by atomic mass is 16.5. The molecule has 0 saturated carbocycles. The molecule has 1 saturated heterocycles. The Labute approximate surface area is 107 Å². The van der Waals surface area contributed by atoms with Gasteiger partial charge in [0.25, 0.3) is 0 Å². The number of methoxy groups -OCH3 is 1. The molecule has 0 atom stereocenters. The van der Waals surface area contributed by atoms with Crippen molar-refractivity contribution in [2.24, 2.45) is 0 Å². The Hall–Kier alpha value is -1.40. The van der Waals surface area contributed by atoms with Gasteiger partial charge in [-0.15, -0.1) is 0 Å². The molecule has 1 aliphatic rings. The zero-order valence-electron chi connectivity index (χ0n) is 10.9. The first-order valence-corrected chi connectivity index (χ1v) is 5.95. The van der Waals surface area contributed by atoms with E-state index >= 15 is 0 Å². The summed E-state index contributed by atoms with van der Waals surface area (Å²) in [5, 5.41) is 0. The second-order valence-electron chi connectivity index (χ2n) is 4.17. The molecule has 0 aromatic carbocycles. The molecular weight excluding hydrogens is 236 g/mol. The van der Waals surface area contributed by atoms with E-state index < -0.39 is 11.9 Å². The third-order valence-corrected chi connectivity index (χ3v) is 2.80. The van der Waals surface area contributed by atoms with Crippen molar-refractivity contribution < 1.29 is 19.1 Å². The van der Waals surface area contributed by atoms with Crippen molar-refractivity contribution in [3.63, 3.8) is 0 Å². The van der Waals surface area contributed by atoms with Crippen LogP contribution in [0.1, 0.15) is 0 Å². The number of ether oxygens (including phenoxy) is 2. The van der Waals surface area contributed by atoms with Crippen LogP contribution in [0.2, 0.25) is 0 Å². The fraction of sp³-hybridized carbons (Fsp3) is 0.667. The third kappa shape index (κ3) is 5.79. The summed E-state index contributed by atoms with van der Waals surface area (Å²) < 4.78 is 9.34. The van der Waals surface area contributed by atoms with E-state index in [0.717, 1.165) is 44.9 Å². The molecular formula is C12H20N2O4. The largest absolute Gasteiger partial charge is 0.466 e. The summed E-state index contributed by atoms with van der Waals surface area (Å²) in [5.41, 5.74) is 0. The van der Waals surface area contributed by atoms with Crippen LogP contribution >= 0.6 is 0 Å². The van der Waals surface area contributed by atoms with Crippen molar-refractivity contribution in [3.05, 3.63) is 12.2 Å². The number of hydrogen-bond donors (Lipinski definition) is 0. The molecule has 18 heavy (non-hydrogen) atoms. The summed E-state index contributed by atoms with van der Waals surface area (Å²) in [5.74, 6) is -1.08. The van der Waals surface area contributed by atoms with Gasteiger partial charge >= 0.3 is 11.9 Å². The molecule has 1 heterocycles. The molecule has 102 valence electrons. The van der Waals surface area contributed by atoms with Gasteiger partial charge in [-0.25, -0.2) is 9.59 Å². The van der Waals surface area contributed by atoms with Crippen LogP contribution in [-0.4, -0.2) is 75.2 Å². The molecule has 6 heteroatoms. The van der Waals surface area contributed by atoms with Gasteiger partial charge < -0.3 is 14.4 Å². The molecule has 1 fully saturated rings. The van der Waals surface area contributed by atoms with E-state index in [2.05, 4.69) is 21.6 Å². The fourth-order valence-electron chi connectivity index (χ4n) is 1.60. The quantitative estimate of drug-likeness (QED) is 0.488. The summed E-state index contributed by atoms with van der Waals surface area (Å²) in [6.07, 6.45) is 2.13. The summed E-state index contributed by atoms with van der Waals surface area (Å²) in [7, 11) is 3.35. The fourth-order valence-corrected chi connectivity index (χ4v) is 1.60. The van der Waals surface area contributed by atoms with Crippen molar-refractivity contribution in [1.82, 2.24) is 9.80 Å². The summed E-state index contributed by atoms with van der Waals surface area (Å²) >= 11 is 0.